The van der Waals surface area contributed by atoms with Crippen molar-refractivity contribution in [3.63, 3.8) is 0 Å². The molecule has 0 spiro atoms. The summed E-state index contributed by atoms with van der Waals surface area (Å²) in [6, 6.07) is 9.71. The molecule has 0 unspecified atom stereocenters. The normalized spacial score (nSPS) is 12.0. The molecule has 1 aromatic carbocycles. The fourth-order valence-corrected chi connectivity index (χ4v) is 1.87. The van der Waals surface area contributed by atoms with Gasteiger partial charge in [-0.1, -0.05) is 18.2 Å². The Morgan fingerprint density at radius 1 is 1.29 bits per heavy atom. The zero-order chi connectivity index (χ0) is 12.3. The van der Waals surface area contributed by atoms with Gasteiger partial charge in [0.2, 0.25) is 0 Å². The van der Waals surface area contributed by atoms with E-state index in [1.54, 1.807) is 0 Å². The maximum atomic E-state index is 10.2. The number of aromatic nitrogens is 1. The molecule has 0 aliphatic heterocycles. The lowest BCUT2D eigenvalue weighted by atomic mass is 10.2. The van der Waals surface area contributed by atoms with E-state index in [-0.39, 0.29) is 0 Å². The van der Waals surface area contributed by atoms with Gasteiger partial charge in [0.15, 0.2) is 5.49 Å². The quantitative estimate of drug-likeness (QED) is 0.796. The largest absolute Gasteiger partial charge is 0.426 e. The molecule has 1 heterocycles. The highest BCUT2D eigenvalue weighted by Crippen LogP contribution is 2.14. The average molecular weight is 231 g/mol. The number of pyridine rings is 1. The fourth-order valence-electron chi connectivity index (χ4n) is 1.87. The molecule has 2 aromatic rings. The number of hydrogen-bond donors (Lipinski definition) is 2. The van der Waals surface area contributed by atoms with Crippen molar-refractivity contribution >= 4 is 16.6 Å². The standard InChI is InChI=1S/C13H17N3O/c1-3-14-11-9-10-7-5-6-8-12(10)16(17)13(11)15-4-2/h5-9,14,17H,3-4H2,1-2H3. The highest BCUT2D eigenvalue weighted by atomic mass is 16.5. The second-order valence-electron chi connectivity index (χ2n) is 3.76. The first-order valence-corrected chi connectivity index (χ1v) is 5.86. The number of rotatable bonds is 3. The van der Waals surface area contributed by atoms with Gasteiger partial charge < -0.3 is 10.5 Å². The Kier molecular flexibility index (Phi) is 3.32. The smallest absolute Gasteiger partial charge is 0.187 e. The van der Waals surface area contributed by atoms with Gasteiger partial charge in [-0.05, 0) is 26.0 Å². The van der Waals surface area contributed by atoms with Crippen LogP contribution in [-0.4, -0.2) is 23.0 Å². The Balaban J connectivity index is 2.79. The van der Waals surface area contributed by atoms with E-state index < -0.39 is 0 Å². The topological polar surface area (TPSA) is 49.5 Å². The average Bonchev–Trinajstić information content (AvgIpc) is 2.34. The fraction of sp³-hybridized carbons (Fsp3) is 0.308. The third kappa shape index (κ3) is 2.11. The Morgan fingerprint density at radius 2 is 2.06 bits per heavy atom. The van der Waals surface area contributed by atoms with Gasteiger partial charge in [0.25, 0.3) is 0 Å². The van der Waals surface area contributed by atoms with Gasteiger partial charge in [-0.15, -0.1) is 0 Å². The molecular weight excluding hydrogens is 214 g/mol. The Labute approximate surface area is 100 Å². The molecule has 17 heavy (non-hydrogen) atoms. The molecule has 0 aliphatic rings. The van der Waals surface area contributed by atoms with Crippen LogP contribution in [-0.2, 0) is 0 Å². The molecule has 2 N–H and O–H groups in total. The van der Waals surface area contributed by atoms with Crippen LogP contribution in [0.3, 0.4) is 0 Å². The Hall–Kier alpha value is -1.97. The summed E-state index contributed by atoms with van der Waals surface area (Å²) in [5.74, 6) is 0. The second kappa shape index (κ2) is 4.91. The number of benzene rings is 1. The van der Waals surface area contributed by atoms with E-state index >= 15 is 0 Å². The van der Waals surface area contributed by atoms with E-state index in [4.69, 9.17) is 0 Å². The molecule has 0 bridgehead atoms. The molecule has 0 amide bonds. The van der Waals surface area contributed by atoms with E-state index in [2.05, 4.69) is 10.3 Å². The predicted octanol–water partition coefficient (Wildman–Crippen LogP) is 2.23. The van der Waals surface area contributed by atoms with Crippen LogP contribution in [0.4, 0.5) is 5.69 Å². The third-order valence-electron chi connectivity index (χ3n) is 2.58. The van der Waals surface area contributed by atoms with Crippen molar-refractivity contribution in [2.24, 2.45) is 4.99 Å². The zero-order valence-corrected chi connectivity index (χ0v) is 10.1. The first-order chi connectivity index (χ1) is 8.27. The van der Waals surface area contributed by atoms with Gasteiger partial charge in [0.05, 0.1) is 11.2 Å². The Morgan fingerprint density at radius 3 is 2.76 bits per heavy atom. The molecule has 2 rings (SSSR count). The van der Waals surface area contributed by atoms with Crippen LogP contribution in [0, 0.1) is 0 Å². The maximum Gasteiger partial charge on any atom is 0.187 e. The minimum atomic E-state index is 0.577. The van der Waals surface area contributed by atoms with Crippen LogP contribution < -0.4 is 10.8 Å². The van der Waals surface area contributed by atoms with Gasteiger partial charge in [-0.3, -0.25) is 4.99 Å². The summed E-state index contributed by atoms with van der Waals surface area (Å²) in [6.07, 6.45) is 0. The van der Waals surface area contributed by atoms with E-state index in [1.807, 2.05) is 44.2 Å². The molecular formula is C13H17N3O. The van der Waals surface area contributed by atoms with Crippen LogP contribution in [0.15, 0.2) is 35.3 Å². The maximum absolute atomic E-state index is 10.2. The number of hydrogen-bond acceptors (Lipinski definition) is 3. The van der Waals surface area contributed by atoms with Crippen LogP contribution in [0.2, 0.25) is 0 Å². The van der Waals surface area contributed by atoms with Crippen LogP contribution >= 0.6 is 0 Å². The summed E-state index contributed by atoms with van der Waals surface area (Å²) in [6.45, 7) is 5.40. The van der Waals surface area contributed by atoms with Crippen molar-refractivity contribution < 1.29 is 5.21 Å². The van der Waals surface area contributed by atoms with Gasteiger partial charge in [0, 0.05) is 18.5 Å². The highest BCUT2D eigenvalue weighted by molar-refractivity contribution is 5.81. The first kappa shape index (κ1) is 11.5. The molecule has 0 aliphatic carbocycles. The summed E-state index contributed by atoms with van der Waals surface area (Å²) in [5, 5.41) is 14.4. The zero-order valence-electron chi connectivity index (χ0n) is 10.1. The Bertz CT molecular complexity index is 587. The molecule has 0 radical (unpaired) electrons. The minimum Gasteiger partial charge on any atom is -0.426 e. The van der Waals surface area contributed by atoms with Crippen LogP contribution in [0.1, 0.15) is 13.8 Å². The van der Waals surface area contributed by atoms with Crippen molar-refractivity contribution in [2.45, 2.75) is 13.8 Å². The number of fused-ring (bicyclic) bond motifs is 1. The summed E-state index contributed by atoms with van der Waals surface area (Å²) >= 11 is 0. The molecule has 0 atom stereocenters. The lowest BCUT2D eigenvalue weighted by Gasteiger charge is -2.10. The summed E-state index contributed by atoms with van der Waals surface area (Å²) in [4.78, 5) is 4.33. The van der Waals surface area contributed by atoms with Crippen LogP contribution in [0.25, 0.3) is 10.9 Å². The molecule has 1 aromatic heterocycles. The molecule has 0 saturated heterocycles. The first-order valence-electron chi connectivity index (χ1n) is 5.86. The van der Waals surface area contributed by atoms with E-state index in [9.17, 15) is 5.21 Å². The van der Waals surface area contributed by atoms with Crippen molar-refractivity contribution in [1.29, 1.82) is 0 Å². The SMILES string of the molecule is CCN=c1c(NCC)cc2ccccc2n1O. The van der Waals surface area contributed by atoms with Crippen molar-refractivity contribution in [2.75, 3.05) is 18.4 Å². The van der Waals surface area contributed by atoms with Crippen molar-refractivity contribution in [3.05, 3.63) is 35.8 Å². The van der Waals surface area contributed by atoms with Gasteiger partial charge in [-0.25, -0.2) is 0 Å². The number of para-hydroxylation sites is 1. The summed E-state index contributed by atoms with van der Waals surface area (Å²) in [5.41, 5.74) is 2.20. The van der Waals surface area contributed by atoms with Gasteiger partial charge >= 0.3 is 0 Å². The third-order valence-corrected chi connectivity index (χ3v) is 2.58. The number of anilines is 1. The molecule has 90 valence electrons. The second-order valence-corrected chi connectivity index (χ2v) is 3.76. The van der Waals surface area contributed by atoms with E-state index in [1.165, 1.54) is 0 Å². The minimum absolute atomic E-state index is 0.577. The highest BCUT2D eigenvalue weighted by Gasteiger charge is 2.05. The summed E-state index contributed by atoms with van der Waals surface area (Å²) in [7, 11) is 0. The van der Waals surface area contributed by atoms with E-state index in [0.29, 0.717) is 12.0 Å². The number of nitrogens with zero attached hydrogens (tertiary/aromatic N) is 2. The van der Waals surface area contributed by atoms with Crippen LogP contribution in [0.5, 0.6) is 0 Å². The number of nitrogens with one attached hydrogen (secondary N) is 1. The van der Waals surface area contributed by atoms with Gasteiger partial charge in [-0.2, -0.15) is 4.73 Å². The predicted molar refractivity (Wildman–Crippen MR) is 69.4 cm³/mol. The molecule has 0 saturated carbocycles. The molecule has 4 heteroatoms. The summed E-state index contributed by atoms with van der Waals surface area (Å²) < 4.78 is 1.15. The lowest BCUT2D eigenvalue weighted by Crippen LogP contribution is -2.24. The monoisotopic (exact) mass is 231 g/mol. The molecule has 0 fully saturated rings. The van der Waals surface area contributed by atoms with E-state index in [0.717, 1.165) is 27.9 Å². The van der Waals surface area contributed by atoms with Crippen molar-refractivity contribution in [3.8, 4) is 0 Å². The lowest BCUT2D eigenvalue weighted by molar-refractivity contribution is 0.186. The van der Waals surface area contributed by atoms with Gasteiger partial charge in [0.1, 0.15) is 0 Å². The van der Waals surface area contributed by atoms with Crippen molar-refractivity contribution in [1.82, 2.24) is 4.73 Å². The molecule has 4 nitrogen and oxygen atoms in total.